The number of benzene rings is 3. The number of carboxylic acid groups (broad SMARTS) is 1. The van der Waals surface area contributed by atoms with Gasteiger partial charge in [-0.2, -0.15) is 4.98 Å². The van der Waals surface area contributed by atoms with Crippen molar-refractivity contribution in [3.8, 4) is 11.5 Å². The third-order valence-corrected chi connectivity index (χ3v) is 9.34. The number of hydrogen-bond acceptors (Lipinski definition) is 16. The molecule has 0 saturated carbocycles. The predicted molar refractivity (Wildman–Crippen MR) is 204 cm³/mol. The first-order valence-corrected chi connectivity index (χ1v) is 18.9. The van der Waals surface area contributed by atoms with E-state index in [-0.39, 0.29) is 77.4 Å². The van der Waals surface area contributed by atoms with E-state index in [2.05, 4.69) is 30.6 Å². The van der Waals surface area contributed by atoms with Crippen molar-refractivity contribution in [2.24, 2.45) is 0 Å². The largest absolute Gasteiger partial charge is 0.480 e. The summed E-state index contributed by atoms with van der Waals surface area (Å²) in [5.74, 6) is -4.82. The van der Waals surface area contributed by atoms with Gasteiger partial charge in [-0.3, -0.25) is 32.7 Å². The second-order valence-electron chi connectivity index (χ2n) is 11.9. The van der Waals surface area contributed by atoms with Crippen molar-refractivity contribution in [2.45, 2.75) is 39.3 Å². The van der Waals surface area contributed by atoms with Crippen LogP contribution in [0, 0.1) is 0 Å². The van der Waals surface area contributed by atoms with Gasteiger partial charge in [0.25, 0.3) is 11.8 Å². The van der Waals surface area contributed by atoms with Gasteiger partial charge in [0.1, 0.15) is 28.8 Å². The molecule has 20 nitrogen and oxygen atoms in total. The van der Waals surface area contributed by atoms with Crippen LogP contribution in [0.2, 0.25) is 0 Å². The van der Waals surface area contributed by atoms with Crippen molar-refractivity contribution >= 4 is 60.3 Å². The Hall–Kier alpha value is -6.86. The Morgan fingerprint density at radius 2 is 1.57 bits per heavy atom. The number of phosphoric acid groups is 1. The molecular formula is C37H36N7O13P. The number of H-pyrrole nitrogens is 1. The molecule has 0 saturated heterocycles. The first-order valence-electron chi connectivity index (χ1n) is 17.4. The summed E-state index contributed by atoms with van der Waals surface area (Å²) in [6.07, 6.45) is 0.307. The van der Waals surface area contributed by atoms with Gasteiger partial charge in [-0.1, -0.05) is 24.3 Å². The number of rotatable bonds is 18. The van der Waals surface area contributed by atoms with Gasteiger partial charge in [-0.05, 0) is 74.4 Å². The first-order chi connectivity index (χ1) is 27.8. The molecule has 0 bridgehead atoms. The molecular weight excluding hydrogens is 781 g/mol. The van der Waals surface area contributed by atoms with Gasteiger partial charge in [0.15, 0.2) is 11.2 Å². The van der Waals surface area contributed by atoms with Crippen molar-refractivity contribution in [1.29, 1.82) is 0 Å². The number of aliphatic carboxylic acids is 1. The lowest BCUT2D eigenvalue weighted by atomic mass is 10.1. The van der Waals surface area contributed by atoms with E-state index in [1.807, 2.05) is 0 Å². The number of phosphoric ester groups is 1. The molecule has 302 valence electrons. The van der Waals surface area contributed by atoms with Crippen LogP contribution in [-0.2, 0) is 34.3 Å². The number of nitrogens with two attached hydrogens (primary N) is 1. The lowest BCUT2D eigenvalue weighted by molar-refractivity contribution is -0.140. The van der Waals surface area contributed by atoms with E-state index < -0.39 is 55.6 Å². The quantitative estimate of drug-likeness (QED) is 0.0474. The number of ether oxygens (including phenoxy) is 2. The van der Waals surface area contributed by atoms with Crippen LogP contribution in [0.25, 0.3) is 11.2 Å². The van der Waals surface area contributed by atoms with Gasteiger partial charge >= 0.3 is 31.3 Å². The Labute approximate surface area is 328 Å². The number of aromatic amines is 1. The Bertz CT molecular complexity index is 2420. The van der Waals surface area contributed by atoms with Gasteiger partial charge in [0, 0.05) is 17.7 Å². The molecule has 0 radical (unpaired) electrons. The van der Waals surface area contributed by atoms with Gasteiger partial charge in [-0.25, -0.2) is 24.1 Å². The number of para-hydroxylation sites is 1. The maximum absolute atomic E-state index is 13.0. The molecule has 21 heteroatoms. The molecule has 1 atom stereocenters. The summed E-state index contributed by atoms with van der Waals surface area (Å²) in [5.41, 5.74) is 5.15. The number of nitrogens with zero attached hydrogens (tertiary/aromatic N) is 3. The molecule has 0 aliphatic heterocycles. The minimum Gasteiger partial charge on any atom is -0.480 e. The summed E-state index contributed by atoms with van der Waals surface area (Å²) in [4.78, 5) is 89.6. The summed E-state index contributed by atoms with van der Waals surface area (Å²) < 4.78 is 38.9. The molecule has 0 aliphatic rings. The molecule has 58 heavy (non-hydrogen) atoms. The maximum Gasteiger partial charge on any atom is 0.475 e. The second kappa shape index (κ2) is 19.3. The number of fused-ring (bicyclic) bond motifs is 1. The fourth-order valence-electron chi connectivity index (χ4n) is 5.01. The molecule has 5 rings (SSSR count). The van der Waals surface area contributed by atoms with E-state index >= 15 is 0 Å². The minimum absolute atomic E-state index is 0.0388. The normalized spacial score (nSPS) is 11.7. The third-order valence-electron chi connectivity index (χ3n) is 7.75. The van der Waals surface area contributed by atoms with Gasteiger partial charge in [0.05, 0.1) is 26.0 Å². The highest BCUT2D eigenvalue weighted by molar-refractivity contribution is 7.48. The number of carboxylic acids is 1. The van der Waals surface area contributed by atoms with Crippen molar-refractivity contribution < 1.29 is 56.7 Å². The molecule has 5 aromatic rings. The molecule has 3 aromatic carbocycles. The van der Waals surface area contributed by atoms with Crippen molar-refractivity contribution in [2.75, 3.05) is 24.3 Å². The SMILES string of the molecule is CCOP(=O)(OCC)OCc1ccc(OC(=O)c2ccccc2OC(=O)CC[C@H](NC(=O)c2ccc(NC(=O)c3cnc4[nH]c(N)nc(=O)c4n3)cc2)C(=O)O)cc1. The zero-order chi connectivity index (χ0) is 41.8. The molecule has 6 N–H and O–H groups in total. The summed E-state index contributed by atoms with van der Waals surface area (Å²) in [5, 5.41) is 14.6. The van der Waals surface area contributed by atoms with E-state index in [9.17, 15) is 38.4 Å². The summed E-state index contributed by atoms with van der Waals surface area (Å²) >= 11 is 0. The van der Waals surface area contributed by atoms with E-state index in [1.54, 1.807) is 26.0 Å². The van der Waals surface area contributed by atoms with Crippen LogP contribution in [0.1, 0.15) is 63.5 Å². The molecule has 2 heterocycles. The molecule has 0 unspecified atom stereocenters. The van der Waals surface area contributed by atoms with Crippen LogP contribution in [0.15, 0.2) is 83.8 Å². The standard InChI is InChI=1S/C37H36N7O13P/c1-3-53-58(52,54-4-2)55-20-21-9-15-24(16-10-21)56-36(51)25-7-5-6-8-28(25)57-29(45)18-17-26(35(49)50)42-32(46)22-11-13-23(14-12-22)40-33(47)27-19-39-31-30(41-27)34(48)44-37(38)43-31/h5-16,19,26H,3-4,17-18,20H2,1-2H3,(H,40,47)(H,42,46)(H,49,50)(H3,38,39,43,44,48)/t26-/m0/s1. The highest BCUT2D eigenvalue weighted by Crippen LogP contribution is 2.49. The fraction of sp³-hybridized carbons (Fsp3) is 0.216. The zero-order valence-corrected chi connectivity index (χ0v) is 31.7. The van der Waals surface area contributed by atoms with E-state index in [0.717, 1.165) is 6.20 Å². The molecule has 0 spiro atoms. The van der Waals surface area contributed by atoms with Crippen molar-refractivity contribution in [1.82, 2.24) is 25.3 Å². The second-order valence-corrected chi connectivity index (χ2v) is 13.5. The minimum atomic E-state index is -3.73. The van der Waals surface area contributed by atoms with E-state index in [0.29, 0.717) is 5.56 Å². The Morgan fingerprint density at radius 1 is 0.879 bits per heavy atom. The number of amides is 2. The van der Waals surface area contributed by atoms with Crippen LogP contribution in [-0.4, -0.2) is 74.0 Å². The Kier molecular flexibility index (Phi) is 14.1. The van der Waals surface area contributed by atoms with Crippen LogP contribution >= 0.6 is 7.82 Å². The highest BCUT2D eigenvalue weighted by atomic mass is 31.2. The number of nitrogens with one attached hydrogen (secondary N) is 3. The van der Waals surface area contributed by atoms with Crippen molar-refractivity contribution in [3.63, 3.8) is 0 Å². The smallest absolute Gasteiger partial charge is 0.475 e. The lowest BCUT2D eigenvalue weighted by Crippen LogP contribution is -2.41. The van der Waals surface area contributed by atoms with Crippen LogP contribution in [0.4, 0.5) is 11.6 Å². The molecule has 2 amide bonds. The molecule has 0 fully saturated rings. The topological polar surface area (TPSA) is 290 Å². The zero-order valence-electron chi connectivity index (χ0n) is 30.8. The van der Waals surface area contributed by atoms with Gasteiger partial charge < -0.3 is 35.9 Å². The number of aromatic nitrogens is 4. The summed E-state index contributed by atoms with van der Waals surface area (Å²) in [6, 6.07) is 15.8. The average molecular weight is 818 g/mol. The maximum atomic E-state index is 13.0. The monoisotopic (exact) mass is 817 g/mol. The first kappa shape index (κ1) is 42.3. The van der Waals surface area contributed by atoms with Crippen molar-refractivity contribution in [3.05, 3.63) is 112 Å². The number of carbonyl (C=O) groups excluding carboxylic acids is 4. The predicted octanol–water partition coefficient (Wildman–Crippen LogP) is 4.03. The van der Waals surface area contributed by atoms with Crippen LogP contribution in [0.3, 0.4) is 0 Å². The third kappa shape index (κ3) is 11.4. The number of esters is 2. The Balaban J connectivity index is 1.12. The highest BCUT2D eigenvalue weighted by Gasteiger charge is 2.26. The number of nitrogen functional groups attached to an aromatic ring is 1. The van der Waals surface area contributed by atoms with Crippen LogP contribution < -0.4 is 31.4 Å². The van der Waals surface area contributed by atoms with E-state index in [1.165, 1.54) is 60.7 Å². The summed E-state index contributed by atoms with van der Waals surface area (Å²) in [7, 11) is -3.73. The number of carbonyl (C=O) groups is 5. The number of hydrogen-bond donors (Lipinski definition) is 5. The molecule has 0 aliphatic carbocycles. The van der Waals surface area contributed by atoms with Crippen LogP contribution in [0.5, 0.6) is 11.5 Å². The lowest BCUT2D eigenvalue weighted by Gasteiger charge is -2.16. The van der Waals surface area contributed by atoms with E-state index in [4.69, 9.17) is 28.8 Å². The fourth-order valence-corrected chi connectivity index (χ4v) is 6.17. The van der Waals surface area contributed by atoms with Gasteiger partial charge in [0.2, 0.25) is 5.95 Å². The molecule has 2 aromatic heterocycles. The number of anilines is 2. The Morgan fingerprint density at radius 3 is 2.24 bits per heavy atom. The average Bonchev–Trinajstić information content (AvgIpc) is 3.19. The summed E-state index contributed by atoms with van der Waals surface area (Å²) in [6.45, 7) is 3.46. The van der Waals surface area contributed by atoms with Gasteiger partial charge in [-0.15, -0.1) is 0 Å².